The Hall–Kier alpha value is -0.890. The molecule has 1 nitrogen and oxygen atoms in total. The molecular formula is C14H20FN. The molecule has 0 aliphatic heterocycles. The van der Waals surface area contributed by atoms with E-state index < -0.39 is 5.67 Å². The van der Waals surface area contributed by atoms with E-state index in [1.807, 2.05) is 12.1 Å². The highest BCUT2D eigenvalue weighted by atomic mass is 19.1. The minimum Gasteiger partial charge on any atom is -0.330 e. The molecule has 1 aromatic carbocycles. The summed E-state index contributed by atoms with van der Waals surface area (Å²) in [6, 6.07) is 8.23. The van der Waals surface area contributed by atoms with Crippen LogP contribution in [0.1, 0.15) is 36.8 Å². The van der Waals surface area contributed by atoms with Crippen LogP contribution in [-0.2, 0) is 12.8 Å². The van der Waals surface area contributed by atoms with Crippen LogP contribution in [0, 0.1) is 0 Å². The first kappa shape index (κ1) is 11.6. The Morgan fingerprint density at radius 1 is 1.06 bits per heavy atom. The predicted octanol–water partition coefficient (Wildman–Crippen LogP) is 3.01. The first-order valence-corrected chi connectivity index (χ1v) is 6.19. The second kappa shape index (κ2) is 4.96. The van der Waals surface area contributed by atoms with Crippen molar-refractivity contribution >= 4 is 0 Å². The van der Waals surface area contributed by atoms with Crippen LogP contribution < -0.4 is 5.73 Å². The molecular weight excluding hydrogens is 201 g/mol. The molecule has 1 saturated carbocycles. The minimum absolute atomic E-state index is 0.579. The smallest absolute Gasteiger partial charge is 0.115 e. The van der Waals surface area contributed by atoms with Crippen molar-refractivity contribution in [3.63, 3.8) is 0 Å². The van der Waals surface area contributed by atoms with Gasteiger partial charge in [-0.1, -0.05) is 37.1 Å². The van der Waals surface area contributed by atoms with Crippen LogP contribution in [0.5, 0.6) is 0 Å². The van der Waals surface area contributed by atoms with Crippen molar-refractivity contribution in [1.82, 2.24) is 0 Å². The van der Waals surface area contributed by atoms with Gasteiger partial charge in [0.2, 0.25) is 0 Å². The predicted molar refractivity (Wildman–Crippen MR) is 65.2 cm³/mol. The maximum atomic E-state index is 14.2. The second-order valence-electron chi connectivity index (χ2n) is 4.89. The summed E-state index contributed by atoms with van der Waals surface area (Å²) in [7, 11) is 0. The van der Waals surface area contributed by atoms with E-state index in [1.165, 1.54) is 5.56 Å². The van der Waals surface area contributed by atoms with Crippen LogP contribution in [-0.4, -0.2) is 12.2 Å². The fourth-order valence-corrected chi connectivity index (χ4v) is 2.54. The largest absolute Gasteiger partial charge is 0.330 e. The standard InChI is InChI=1S/C14H20FN/c15-14(8-1-2-9-14)11-13-5-3-12(4-6-13)7-10-16/h3-6H,1-2,7-11,16H2. The zero-order valence-corrected chi connectivity index (χ0v) is 9.71. The van der Waals surface area contributed by atoms with Crippen molar-refractivity contribution in [3.8, 4) is 0 Å². The molecule has 2 N–H and O–H groups in total. The van der Waals surface area contributed by atoms with Gasteiger partial charge in [-0.2, -0.15) is 0 Å². The molecule has 0 spiro atoms. The number of benzene rings is 1. The van der Waals surface area contributed by atoms with Gasteiger partial charge < -0.3 is 5.73 Å². The molecule has 88 valence electrons. The van der Waals surface area contributed by atoms with Crippen LogP contribution in [0.2, 0.25) is 0 Å². The summed E-state index contributed by atoms with van der Waals surface area (Å²) >= 11 is 0. The average Bonchev–Trinajstić information content (AvgIpc) is 2.68. The zero-order valence-electron chi connectivity index (χ0n) is 9.71. The lowest BCUT2D eigenvalue weighted by Gasteiger charge is -2.18. The third-order valence-electron chi connectivity index (χ3n) is 3.48. The summed E-state index contributed by atoms with van der Waals surface area (Å²) < 4.78 is 14.2. The van der Waals surface area contributed by atoms with Crippen molar-refractivity contribution in [2.45, 2.75) is 44.2 Å². The lowest BCUT2D eigenvalue weighted by molar-refractivity contribution is 0.173. The van der Waals surface area contributed by atoms with Gasteiger partial charge in [0.1, 0.15) is 5.67 Å². The summed E-state index contributed by atoms with van der Waals surface area (Å²) in [5.74, 6) is 0. The quantitative estimate of drug-likeness (QED) is 0.831. The number of nitrogens with two attached hydrogens (primary N) is 1. The van der Waals surface area contributed by atoms with E-state index in [-0.39, 0.29) is 0 Å². The Balaban J connectivity index is 1.99. The highest BCUT2D eigenvalue weighted by molar-refractivity contribution is 5.24. The number of hydrogen-bond donors (Lipinski definition) is 1. The van der Waals surface area contributed by atoms with Gasteiger partial charge in [0.25, 0.3) is 0 Å². The molecule has 1 aromatic rings. The van der Waals surface area contributed by atoms with Gasteiger partial charge in [0.05, 0.1) is 0 Å². The molecule has 0 unspecified atom stereocenters. The maximum absolute atomic E-state index is 14.2. The summed E-state index contributed by atoms with van der Waals surface area (Å²) in [6.07, 6.45) is 5.04. The van der Waals surface area contributed by atoms with Crippen LogP contribution in [0.4, 0.5) is 4.39 Å². The lowest BCUT2D eigenvalue weighted by atomic mass is 9.94. The monoisotopic (exact) mass is 221 g/mol. The number of alkyl halides is 1. The number of halogens is 1. The Morgan fingerprint density at radius 2 is 1.62 bits per heavy atom. The Bertz CT molecular complexity index is 325. The molecule has 2 heteroatoms. The Labute approximate surface area is 96.9 Å². The number of rotatable bonds is 4. The van der Waals surface area contributed by atoms with Gasteiger partial charge in [-0.3, -0.25) is 0 Å². The number of hydrogen-bond acceptors (Lipinski definition) is 1. The summed E-state index contributed by atoms with van der Waals surface area (Å²) in [5, 5.41) is 0. The molecule has 1 aliphatic carbocycles. The molecule has 1 fully saturated rings. The fourth-order valence-electron chi connectivity index (χ4n) is 2.54. The van der Waals surface area contributed by atoms with Crippen molar-refractivity contribution in [2.24, 2.45) is 5.73 Å². The zero-order chi connectivity index (χ0) is 11.4. The van der Waals surface area contributed by atoms with E-state index >= 15 is 0 Å². The topological polar surface area (TPSA) is 26.0 Å². The first-order chi connectivity index (χ1) is 7.72. The van der Waals surface area contributed by atoms with Crippen molar-refractivity contribution in [3.05, 3.63) is 35.4 Å². The first-order valence-electron chi connectivity index (χ1n) is 6.19. The van der Waals surface area contributed by atoms with Crippen LogP contribution in [0.15, 0.2) is 24.3 Å². The Morgan fingerprint density at radius 3 is 2.19 bits per heavy atom. The third-order valence-corrected chi connectivity index (χ3v) is 3.48. The molecule has 0 aromatic heterocycles. The van der Waals surface area contributed by atoms with E-state index in [0.717, 1.165) is 37.7 Å². The molecule has 1 aliphatic rings. The van der Waals surface area contributed by atoms with Crippen molar-refractivity contribution in [2.75, 3.05) is 6.54 Å². The molecule has 0 amide bonds. The molecule has 0 heterocycles. The van der Waals surface area contributed by atoms with Gasteiger partial charge in [0, 0.05) is 6.42 Å². The van der Waals surface area contributed by atoms with Crippen LogP contribution in [0.25, 0.3) is 0 Å². The summed E-state index contributed by atoms with van der Waals surface area (Å²) in [6.45, 7) is 0.673. The Kier molecular flexibility index (Phi) is 3.59. The van der Waals surface area contributed by atoms with Gasteiger partial charge in [-0.05, 0) is 36.9 Å². The van der Waals surface area contributed by atoms with Crippen molar-refractivity contribution < 1.29 is 4.39 Å². The molecule has 0 radical (unpaired) electrons. The van der Waals surface area contributed by atoms with E-state index in [0.29, 0.717) is 13.0 Å². The van der Waals surface area contributed by atoms with Gasteiger partial charge in [-0.25, -0.2) is 4.39 Å². The molecule has 0 saturated heterocycles. The molecule has 0 atom stereocenters. The lowest BCUT2D eigenvalue weighted by Crippen LogP contribution is -2.21. The van der Waals surface area contributed by atoms with Gasteiger partial charge in [0.15, 0.2) is 0 Å². The van der Waals surface area contributed by atoms with E-state index in [2.05, 4.69) is 12.1 Å². The fraction of sp³-hybridized carbons (Fsp3) is 0.571. The van der Waals surface area contributed by atoms with Crippen molar-refractivity contribution in [1.29, 1.82) is 0 Å². The van der Waals surface area contributed by atoms with Crippen LogP contribution >= 0.6 is 0 Å². The van der Waals surface area contributed by atoms with Gasteiger partial charge in [-0.15, -0.1) is 0 Å². The highest BCUT2D eigenvalue weighted by Gasteiger charge is 2.33. The molecule has 0 bridgehead atoms. The summed E-state index contributed by atoms with van der Waals surface area (Å²) in [5.41, 5.74) is 6.91. The van der Waals surface area contributed by atoms with E-state index in [9.17, 15) is 4.39 Å². The maximum Gasteiger partial charge on any atom is 0.115 e. The molecule has 2 rings (SSSR count). The normalized spacial score (nSPS) is 18.9. The molecule has 16 heavy (non-hydrogen) atoms. The second-order valence-corrected chi connectivity index (χ2v) is 4.89. The van der Waals surface area contributed by atoms with Gasteiger partial charge >= 0.3 is 0 Å². The van der Waals surface area contributed by atoms with E-state index in [4.69, 9.17) is 5.73 Å². The third kappa shape index (κ3) is 2.82. The highest BCUT2D eigenvalue weighted by Crippen LogP contribution is 2.36. The van der Waals surface area contributed by atoms with E-state index in [1.54, 1.807) is 0 Å². The minimum atomic E-state index is -0.935. The average molecular weight is 221 g/mol. The summed E-state index contributed by atoms with van der Waals surface area (Å²) in [4.78, 5) is 0. The van der Waals surface area contributed by atoms with Crippen LogP contribution in [0.3, 0.4) is 0 Å². The SMILES string of the molecule is NCCc1ccc(CC2(F)CCCC2)cc1.